The Morgan fingerprint density at radius 1 is 0.892 bits per heavy atom. The molecular formula is C29H30N2O6. The fourth-order valence-corrected chi connectivity index (χ4v) is 4.27. The smallest absolute Gasteiger partial charge is 0.411 e. The van der Waals surface area contributed by atoms with Gasteiger partial charge in [0.25, 0.3) is 0 Å². The highest BCUT2D eigenvalue weighted by Gasteiger charge is 2.24. The van der Waals surface area contributed by atoms with Crippen molar-refractivity contribution in [1.82, 2.24) is 4.57 Å². The fourth-order valence-electron chi connectivity index (χ4n) is 4.27. The maximum absolute atomic E-state index is 12.8. The molecule has 0 unspecified atom stereocenters. The maximum atomic E-state index is 12.8. The summed E-state index contributed by atoms with van der Waals surface area (Å²) in [4.78, 5) is 25.3. The highest BCUT2D eigenvalue weighted by atomic mass is 16.5. The van der Waals surface area contributed by atoms with Crippen molar-refractivity contribution >= 4 is 28.7 Å². The molecule has 0 fully saturated rings. The second kappa shape index (κ2) is 12.0. The minimum atomic E-state index is -0.629. The Labute approximate surface area is 215 Å². The van der Waals surface area contributed by atoms with Crippen molar-refractivity contribution in [2.75, 3.05) is 26.1 Å². The van der Waals surface area contributed by atoms with Crippen molar-refractivity contribution in [3.8, 4) is 11.5 Å². The van der Waals surface area contributed by atoms with Crippen LogP contribution < -0.4 is 14.8 Å². The largest absolute Gasteiger partial charge is 0.493 e. The average molecular weight is 503 g/mol. The third-order valence-corrected chi connectivity index (χ3v) is 5.85. The van der Waals surface area contributed by atoms with Gasteiger partial charge in [-0.05, 0) is 23.6 Å². The molecule has 1 aromatic heterocycles. The highest BCUT2D eigenvalue weighted by Crippen LogP contribution is 2.43. The Balaban J connectivity index is 1.78. The van der Waals surface area contributed by atoms with Gasteiger partial charge in [-0.1, -0.05) is 60.7 Å². The first-order chi connectivity index (χ1) is 18.0. The number of fused-ring (bicyclic) bond motifs is 1. The number of anilines is 1. The molecule has 0 aliphatic rings. The molecule has 0 saturated carbocycles. The van der Waals surface area contributed by atoms with E-state index in [1.807, 2.05) is 71.4 Å². The van der Waals surface area contributed by atoms with E-state index in [4.69, 9.17) is 18.9 Å². The first-order valence-electron chi connectivity index (χ1n) is 12.0. The molecule has 3 aromatic carbocycles. The van der Waals surface area contributed by atoms with Crippen LogP contribution in [0.5, 0.6) is 11.5 Å². The monoisotopic (exact) mass is 502 g/mol. The summed E-state index contributed by atoms with van der Waals surface area (Å²) in [6.45, 7) is 2.67. The van der Waals surface area contributed by atoms with Crippen LogP contribution in [0.1, 0.15) is 23.6 Å². The molecular weight excluding hydrogens is 472 g/mol. The second-order valence-corrected chi connectivity index (χ2v) is 8.32. The van der Waals surface area contributed by atoms with Crippen molar-refractivity contribution in [3.63, 3.8) is 0 Å². The van der Waals surface area contributed by atoms with Gasteiger partial charge in [0.1, 0.15) is 6.61 Å². The van der Waals surface area contributed by atoms with Crippen LogP contribution in [-0.2, 0) is 33.8 Å². The lowest BCUT2D eigenvalue weighted by molar-refractivity contribution is -0.142. The molecule has 4 rings (SSSR count). The Kier molecular flexibility index (Phi) is 8.30. The van der Waals surface area contributed by atoms with E-state index in [0.29, 0.717) is 40.2 Å². The van der Waals surface area contributed by atoms with Gasteiger partial charge in [0, 0.05) is 24.2 Å². The van der Waals surface area contributed by atoms with E-state index in [9.17, 15) is 9.59 Å². The number of hydrogen-bond acceptors (Lipinski definition) is 6. The molecule has 0 atom stereocenters. The second-order valence-electron chi connectivity index (χ2n) is 8.32. The Bertz CT molecular complexity index is 1370. The summed E-state index contributed by atoms with van der Waals surface area (Å²) in [5.41, 5.74) is 3.74. The van der Waals surface area contributed by atoms with Gasteiger partial charge in [-0.2, -0.15) is 0 Å². The summed E-state index contributed by atoms with van der Waals surface area (Å²) in [7, 11) is 3.09. The zero-order valence-electron chi connectivity index (χ0n) is 21.2. The molecule has 1 amide bonds. The van der Waals surface area contributed by atoms with Crippen molar-refractivity contribution in [2.45, 2.75) is 26.5 Å². The summed E-state index contributed by atoms with van der Waals surface area (Å²) in [5, 5.41) is 3.49. The first kappa shape index (κ1) is 25.6. The summed E-state index contributed by atoms with van der Waals surface area (Å²) in [6.07, 6.45) is 1.28. The summed E-state index contributed by atoms with van der Waals surface area (Å²) < 4.78 is 24.0. The van der Waals surface area contributed by atoms with Crippen molar-refractivity contribution in [1.29, 1.82) is 0 Å². The molecule has 0 aliphatic heterocycles. The highest BCUT2D eigenvalue weighted by molar-refractivity contribution is 6.06. The Hall–Kier alpha value is -4.46. The number of carbonyl (C=O) groups excluding carboxylic acids is 2. The molecule has 1 N–H and O–H groups in total. The van der Waals surface area contributed by atoms with Crippen LogP contribution >= 0.6 is 0 Å². The van der Waals surface area contributed by atoms with Crippen molar-refractivity contribution in [2.24, 2.45) is 0 Å². The standard InChI is InChI=1S/C29H30N2O6/c1-4-36-25(32)15-22-18-31(17-20-11-7-5-8-12-20)27-26(22)23(16-24(34-2)28(27)35-3)30-29(33)37-19-21-13-9-6-10-14-21/h5-14,16,18H,4,15,17,19H2,1-3H3,(H,30,33). The quantitative estimate of drug-likeness (QED) is 0.286. The number of nitrogens with one attached hydrogen (secondary N) is 1. The molecule has 0 radical (unpaired) electrons. The van der Waals surface area contributed by atoms with Crippen LogP contribution in [-0.4, -0.2) is 37.5 Å². The number of amides is 1. The number of aromatic nitrogens is 1. The number of hydrogen-bond donors (Lipinski definition) is 1. The van der Waals surface area contributed by atoms with Gasteiger partial charge < -0.3 is 23.5 Å². The van der Waals surface area contributed by atoms with Crippen LogP contribution in [0.4, 0.5) is 10.5 Å². The van der Waals surface area contributed by atoms with E-state index >= 15 is 0 Å². The number of ether oxygens (including phenoxy) is 4. The third kappa shape index (κ3) is 6.03. The van der Waals surface area contributed by atoms with Crippen LogP contribution in [0.3, 0.4) is 0 Å². The van der Waals surface area contributed by atoms with Crippen molar-refractivity contribution in [3.05, 3.63) is 89.6 Å². The van der Waals surface area contributed by atoms with Gasteiger partial charge in [0.15, 0.2) is 11.5 Å². The van der Waals surface area contributed by atoms with E-state index in [2.05, 4.69) is 5.32 Å². The van der Waals surface area contributed by atoms with Gasteiger partial charge >= 0.3 is 12.1 Å². The molecule has 192 valence electrons. The lowest BCUT2D eigenvalue weighted by Crippen LogP contribution is -2.14. The van der Waals surface area contributed by atoms with Crippen LogP contribution in [0.25, 0.3) is 10.9 Å². The minimum absolute atomic E-state index is 0.0232. The fraction of sp³-hybridized carbons (Fsp3) is 0.241. The molecule has 37 heavy (non-hydrogen) atoms. The molecule has 0 spiro atoms. The number of carbonyl (C=O) groups is 2. The van der Waals surface area contributed by atoms with Gasteiger partial charge in [-0.15, -0.1) is 0 Å². The topological polar surface area (TPSA) is 88.0 Å². The minimum Gasteiger partial charge on any atom is -0.493 e. The van der Waals surface area contributed by atoms with Gasteiger partial charge in [-0.25, -0.2) is 4.79 Å². The normalized spacial score (nSPS) is 10.7. The predicted molar refractivity (Wildman–Crippen MR) is 141 cm³/mol. The van der Waals surface area contributed by atoms with E-state index in [1.165, 1.54) is 7.11 Å². The van der Waals surface area contributed by atoms with Crippen LogP contribution in [0.15, 0.2) is 72.9 Å². The lowest BCUT2D eigenvalue weighted by Gasteiger charge is -2.16. The lowest BCUT2D eigenvalue weighted by atomic mass is 10.1. The van der Waals surface area contributed by atoms with E-state index in [0.717, 1.165) is 11.1 Å². The number of methoxy groups -OCH3 is 2. The van der Waals surface area contributed by atoms with E-state index in [1.54, 1.807) is 20.1 Å². The van der Waals surface area contributed by atoms with Crippen LogP contribution in [0, 0.1) is 0 Å². The molecule has 0 bridgehead atoms. The van der Waals surface area contributed by atoms with Crippen LogP contribution in [0.2, 0.25) is 0 Å². The summed E-state index contributed by atoms with van der Waals surface area (Å²) in [5.74, 6) is 0.559. The van der Waals surface area contributed by atoms with Gasteiger partial charge in [0.05, 0.1) is 38.5 Å². The average Bonchev–Trinajstić information content (AvgIpc) is 3.26. The maximum Gasteiger partial charge on any atom is 0.411 e. The van der Waals surface area contributed by atoms with Gasteiger partial charge in [-0.3, -0.25) is 10.1 Å². The Morgan fingerprint density at radius 2 is 1.57 bits per heavy atom. The zero-order valence-corrected chi connectivity index (χ0v) is 21.2. The molecule has 0 saturated heterocycles. The predicted octanol–water partition coefficient (Wildman–Crippen LogP) is 5.56. The SMILES string of the molecule is CCOC(=O)Cc1cn(Cc2ccccc2)c2c(OC)c(OC)cc(NC(=O)OCc3ccccc3)c12. The van der Waals surface area contributed by atoms with E-state index < -0.39 is 6.09 Å². The first-order valence-corrected chi connectivity index (χ1v) is 12.0. The number of nitrogens with zero attached hydrogens (tertiary/aromatic N) is 1. The zero-order chi connectivity index (χ0) is 26.2. The number of esters is 1. The summed E-state index contributed by atoms with van der Waals surface area (Å²) >= 11 is 0. The van der Waals surface area contributed by atoms with Crippen molar-refractivity contribution < 1.29 is 28.5 Å². The molecule has 1 heterocycles. The number of benzene rings is 3. The molecule has 8 nitrogen and oxygen atoms in total. The Morgan fingerprint density at radius 3 is 2.19 bits per heavy atom. The summed E-state index contributed by atoms with van der Waals surface area (Å²) in [6, 6.07) is 21.0. The van der Waals surface area contributed by atoms with Gasteiger partial charge in [0.2, 0.25) is 0 Å². The molecule has 4 aromatic rings. The van der Waals surface area contributed by atoms with E-state index in [-0.39, 0.29) is 25.6 Å². The number of rotatable bonds is 10. The third-order valence-electron chi connectivity index (χ3n) is 5.85. The molecule has 8 heteroatoms. The molecule has 0 aliphatic carbocycles.